The highest BCUT2D eigenvalue weighted by molar-refractivity contribution is 6.00. The topological polar surface area (TPSA) is 68.8 Å². The molecule has 2 aromatic carbocycles. The van der Waals surface area contributed by atoms with Gasteiger partial charge in [0.25, 0.3) is 0 Å². The van der Waals surface area contributed by atoms with Crippen molar-refractivity contribution in [2.24, 2.45) is 0 Å². The molecular weight excluding hydrogens is 536 g/mol. The summed E-state index contributed by atoms with van der Waals surface area (Å²) in [6.45, 7) is 16.4. The summed E-state index contributed by atoms with van der Waals surface area (Å²) >= 11 is 0. The standard InChI is InChI=1S/C37H38N2O4/c1-7-38(8-2)24-16-15-23-19-29-32(42-30(23)20-24)22-33-35(37(29,5)6)34(26-13-11-12-14-27(26)36(40)41)28-18-17-25(21-31(28)43-33)39(9-3)10-4/h11-22H,7-10H2,1-6H3. The summed E-state index contributed by atoms with van der Waals surface area (Å²) in [5, 5.41) is 13.5. The molecule has 0 bridgehead atoms. The Labute approximate surface area is 253 Å². The van der Waals surface area contributed by atoms with E-state index in [0.29, 0.717) is 17.1 Å². The highest BCUT2D eigenvalue weighted by Crippen LogP contribution is 2.54. The number of anilines is 1. The number of ether oxygens (including phenoxy) is 1. The lowest BCUT2D eigenvalue weighted by Crippen LogP contribution is -2.32. The Kier molecular flexibility index (Phi) is 7.25. The number of hydrogen-bond donors (Lipinski definition) is 0. The molecule has 6 nitrogen and oxygen atoms in total. The maximum Gasteiger partial charge on any atom is 0.203 e. The van der Waals surface area contributed by atoms with E-state index in [4.69, 9.17) is 9.15 Å². The Hall–Kier alpha value is -4.58. The van der Waals surface area contributed by atoms with E-state index in [1.54, 1.807) is 12.1 Å². The van der Waals surface area contributed by atoms with Crippen LogP contribution in [0, 0.1) is 0 Å². The fraction of sp³-hybridized carbons (Fsp3) is 0.297. The zero-order valence-corrected chi connectivity index (χ0v) is 25.8. The van der Waals surface area contributed by atoms with Crippen molar-refractivity contribution >= 4 is 23.3 Å². The van der Waals surface area contributed by atoms with E-state index in [1.807, 2.05) is 18.2 Å². The van der Waals surface area contributed by atoms with E-state index in [0.717, 1.165) is 76.6 Å². The van der Waals surface area contributed by atoms with Gasteiger partial charge in [-0.1, -0.05) is 38.1 Å². The fourth-order valence-corrected chi connectivity index (χ4v) is 6.66. The molecule has 0 N–H and O–H groups in total. The van der Waals surface area contributed by atoms with Gasteiger partial charge >= 0.3 is 0 Å². The summed E-state index contributed by atoms with van der Waals surface area (Å²) in [5.74, 6) is 1.69. The number of fused-ring (bicyclic) bond motifs is 4. The Morgan fingerprint density at radius 2 is 1.65 bits per heavy atom. The third kappa shape index (κ3) is 4.66. The largest absolute Gasteiger partial charge is 0.545 e. The lowest BCUT2D eigenvalue weighted by molar-refractivity contribution is -0.255. The molecule has 0 aromatic heterocycles. The van der Waals surface area contributed by atoms with Crippen molar-refractivity contribution in [1.29, 1.82) is 0 Å². The van der Waals surface area contributed by atoms with Crippen molar-refractivity contribution < 1.29 is 19.1 Å². The van der Waals surface area contributed by atoms with E-state index in [-0.39, 0.29) is 5.56 Å². The van der Waals surface area contributed by atoms with Crippen molar-refractivity contribution in [3.63, 3.8) is 0 Å². The Balaban J connectivity index is 1.66. The van der Waals surface area contributed by atoms with Gasteiger partial charge in [-0.05, 0) is 57.5 Å². The summed E-state index contributed by atoms with van der Waals surface area (Å²) in [7, 11) is 0. The third-order valence-electron chi connectivity index (χ3n) is 8.97. The van der Waals surface area contributed by atoms with Gasteiger partial charge in [-0.15, -0.1) is 0 Å². The lowest BCUT2D eigenvalue weighted by atomic mass is 9.68. The van der Waals surface area contributed by atoms with Crippen LogP contribution in [0.1, 0.15) is 74.4 Å². The molecule has 0 radical (unpaired) electrons. The van der Waals surface area contributed by atoms with Gasteiger partial charge in [-0.2, -0.15) is 0 Å². The second-order valence-electron chi connectivity index (χ2n) is 11.6. The van der Waals surface area contributed by atoms with Crippen molar-refractivity contribution in [2.75, 3.05) is 31.1 Å². The van der Waals surface area contributed by atoms with E-state index in [2.05, 4.69) is 93.5 Å². The molecule has 0 fully saturated rings. The maximum atomic E-state index is 12.4. The highest BCUT2D eigenvalue weighted by atomic mass is 16.5. The van der Waals surface area contributed by atoms with Gasteiger partial charge < -0.3 is 24.0 Å². The minimum atomic E-state index is -1.21. The maximum absolute atomic E-state index is 12.4. The first-order valence-corrected chi connectivity index (χ1v) is 15.2. The van der Waals surface area contributed by atoms with Crippen LogP contribution in [0.5, 0.6) is 5.75 Å². The van der Waals surface area contributed by atoms with E-state index < -0.39 is 11.4 Å². The van der Waals surface area contributed by atoms with E-state index >= 15 is 0 Å². The number of allylic oxidation sites excluding steroid dienone is 1. The van der Waals surface area contributed by atoms with Crippen LogP contribution < -0.4 is 24.7 Å². The third-order valence-corrected chi connectivity index (χ3v) is 8.97. The van der Waals surface area contributed by atoms with Gasteiger partial charge in [-0.3, -0.25) is 0 Å². The second kappa shape index (κ2) is 10.9. The molecule has 6 heteroatoms. The molecule has 0 spiro atoms. The zero-order chi connectivity index (χ0) is 30.5. The minimum Gasteiger partial charge on any atom is -0.545 e. The van der Waals surface area contributed by atoms with Crippen molar-refractivity contribution in [3.8, 4) is 17.1 Å². The van der Waals surface area contributed by atoms with Crippen LogP contribution in [0.25, 0.3) is 23.0 Å². The minimum absolute atomic E-state index is 0.152. The van der Waals surface area contributed by atoms with Gasteiger partial charge in [-0.25, -0.2) is 4.58 Å². The van der Waals surface area contributed by atoms with E-state index in [1.165, 1.54) is 0 Å². The number of hydrogen-bond acceptors (Lipinski definition) is 5. The van der Waals surface area contributed by atoms with Gasteiger partial charge in [0.2, 0.25) is 5.36 Å². The summed E-state index contributed by atoms with van der Waals surface area (Å²) in [6.07, 6.45) is 1.97. The molecule has 4 aliphatic rings. The predicted molar refractivity (Wildman–Crippen MR) is 170 cm³/mol. The number of aromatic carboxylic acids is 1. The normalized spacial score (nSPS) is 14.8. The number of carboxylic acids is 1. The number of nitrogens with zero attached hydrogens (tertiary/aromatic N) is 2. The summed E-state index contributed by atoms with van der Waals surface area (Å²) < 4.78 is 15.6. The first-order valence-electron chi connectivity index (χ1n) is 15.2. The molecule has 2 aromatic rings. The average Bonchev–Trinajstić information content (AvgIpc) is 3.00. The van der Waals surface area contributed by atoms with Gasteiger partial charge in [0.15, 0.2) is 0 Å². The number of carbonyl (C=O) groups is 1. The van der Waals surface area contributed by atoms with Crippen LogP contribution in [-0.4, -0.2) is 32.1 Å². The molecule has 2 aliphatic heterocycles. The lowest BCUT2D eigenvalue weighted by Gasteiger charge is -2.40. The molecule has 0 amide bonds. The molecule has 2 aliphatic carbocycles. The molecule has 43 heavy (non-hydrogen) atoms. The Morgan fingerprint density at radius 1 is 0.907 bits per heavy atom. The molecule has 0 atom stereocenters. The monoisotopic (exact) mass is 574 g/mol. The van der Waals surface area contributed by atoms with Crippen molar-refractivity contribution in [1.82, 2.24) is 4.58 Å². The molecule has 0 saturated carbocycles. The van der Waals surface area contributed by atoms with Crippen LogP contribution in [-0.2, 0) is 5.41 Å². The van der Waals surface area contributed by atoms with E-state index in [9.17, 15) is 9.90 Å². The number of benzene rings is 3. The summed E-state index contributed by atoms with van der Waals surface area (Å²) in [4.78, 5) is 14.6. The van der Waals surface area contributed by atoms with Crippen LogP contribution in [0.2, 0.25) is 0 Å². The number of carboxylic acid groups (broad SMARTS) is 1. The van der Waals surface area contributed by atoms with Gasteiger partial charge in [0.1, 0.15) is 36.1 Å². The smallest absolute Gasteiger partial charge is 0.203 e. The van der Waals surface area contributed by atoms with Crippen LogP contribution in [0.15, 0.2) is 82.5 Å². The van der Waals surface area contributed by atoms with Crippen LogP contribution in [0.3, 0.4) is 0 Å². The van der Waals surface area contributed by atoms with Crippen molar-refractivity contribution in [3.05, 3.63) is 111 Å². The van der Waals surface area contributed by atoms with Crippen molar-refractivity contribution in [2.45, 2.75) is 47.0 Å². The number of carbonyl (C=O) groups excluding carboxylic acids is 1. The molecule has 220 valence electrons. The molecule has 0 saturated heterocycles. The Morgan fingerprint density at radius 3 is 2.35 bits per heavy atom. The fourth-order valence-electron chi connectivity index (χ4n) is 6.66. The average molecular weight is 575 g/mol. The highest BCUT2D eigenvalue weighted by Gasteiger charge is 2.42. The van der Waals surface area contributed by atoms with Gasteiger partial charge in [0.05, 0.1) is 12.0 Å². The van der Waals surface area contributed by atoms with Gasteiger partial charge in [0, 0.05) is 75.8 Å². The quantitative estimate of drug-likeness (QED) is 0.256. The van der Waals surface area contributed by atoms with Crippen LogP contribution >= 0.6 is 0 Å². The first kappa shape index (κ1) is 28.5. The van der Waals surface area contributed by atoms with Crippen LogP contribution in [0.4, 0.5) is 5.69 Å². The predicted octanol–water partition coefficient (Wildman–Crippen LogP) is 5.93. The molecule has 6 rings (SSSR count). The second-order valence-corrected chi connectivity index (χ2v) is 11.6. The molecular formula is C37H38N2O4. The summed E-state index contributed by atoms with van der Waals surface area (Å²) in [6, 6.07) is 21.8. The molecule has 2 heterocycles. The Bertz CT molecular complexity index is 1850. The zero-order valence-electron chi connectivity index (χ0n) is 25.8. The summed E-state index contributed by atoms with van der Waals surface area (Å²) in [5.41, 5.74) is 5.89. The number of rotatable bonds is 7. The SMILES string of the molecule is CCN(CC)c1ccc2c(c1)OC1=Cc3oc4cc(=[N+](CC)CC)ccc-4cc3C(C)(C)C1=C2c1ccccc1C(=O)[O-]. The first-order chi connectivity index (χ1) is 20.7. The molecule has 0 unspecified atom stereocenters.